The summed E-state index contributed by atoms with van der Waals surface area (Å²) in [4.78, 5) is 0. The molecule has 1 aromatic carbocycles. The predicted octanol–water partition coefficient (Wildman–Crippen LogP) is 4.27. The Balaban J connectivity index is 2.11. The van der Waals surface area contributed by atoms with Gasteiger partial charge in [0.15, 0.2) is 0 Å². The van der Waals surface area contributed by atoms with E-state index in [2.05, 4.69) is 0 Å². The van der Waals surface area contributed by atoms with E-state index in [1.54, 1.807) is 0 Å². The predicted molar refractivity (Wildman–Crippen MR) is 76.2 cm³/mol. The Morgan fingerprint density at radius 3 is 2.79 bits per heavy atom. The zero-order chi connectivity index (χ0) is 14.0. The Morgan fingerprint density at radius 2 is 2.16 bits per heavy atom. The van der Waals surface area contributed by atoms with Crippen LogP contribution in [0.25, 0.3) is 0 Å². The molecule has 1 heterocycles. The van der Waals surface area contributed by atoms with Crippen LogP contribution in [-0.4, -0.2) is 12.7 Å². The SMILES string of the molecule is CC(N)(CCC1CCCO1)c1cc(F)c(Cl)cc1Cl. The second-order valence-corrected chi connectivity index (χ2v) is 6.15. The van der Waals surface area contributed by atoms with Crippen molar-refractivity contribution in [2.24, 2.45) is 5.73 Å². The van der Waals surface area contributed by atoms with Gasteiger partial charge >= 0.3 is 0 Å². The van der Waals surface area contributed by atoms with Crippen molar-refractivity contribution in [3.05, 3.63) is 33.6 Å². The number of benzene rings is 1. The first kappa shape index (κ1) is 15.0. The molecule has 0 aromatic heterocycles. The van der Waals surface area contributed by atoms with Gasteiger partial charge in [-0.2, -0.15) is 0 Å². The maximum atomic E-state index is 13.6. The van der Waals surface area contributed by atoms with Crippen molar-refractivity contribution in [2.45, 2.75) is 44.2 Å². The number of halogens is 3. The first-order chi connectivity index (χ1) is 8.90. The lowest BCUT2D eigenvalue weighted by Crippen LogP contribution is -2.34. The molecule has 0 radical (unpaired) electrons. The summed E-state index contributed by atoms with van der Waals surface area (Å²) >= 11 is 11.8. The molecule has 1 fully saturated rings. The minimum Gasteiger partial charge on any atom is -0.378 e. The molecule has 2 unspecified atom stereocenters. The smallest absolute Gasteiger partial charge is 0.142 e. The van der Waals surface area contributed by atoms with Crippen molar-refractivity contribution in [1.82, 2.24) is 0 Å². The molecule has 5 heteroatoms. The highest BCUT2D eigenvalue weighted by Gasteiger charge is 2.27. The van der Waals surface area contributed by atoms with Crippen LogP contribution in [0, 0.1) is 5.82 Å². The van der Waals surface area contributed by atoms with E-state index in [1.807, 2.05) is 6.92 Å². The van der Waals surface area contributed by atoms with Crippen molar-refractivity contribution in [3.63, 3.8) is 0 Å². The normalized spacial score (nSPS) is 22.5. The van der Waals surface area contributed by atoms with E-state index in [0.717, 1.165) is 25.9 Å². The van der Waals surface area contributed by atoms with Crippen molar-refractivity contribution < 1.29 is 9.13 Å². The second kappa shape index (κ2) is 5.96. The van der Waals surface area contributed by atoms with Crippen LogP contribution < -0.4 is 5.73 Å². The van der Waals surface area contributed by atoms with Crippen LogP contribution >= 0.6 is 23.2 Å². The van der Waals surface area contributed by atoms with Gasteiger partial charge in [0.2, 0.25) is 0 Å². The molecule has 19 heavy (non-hydrogen) atoms. The minimum absolute atomic E-state index is 0.0173. The Morgan fingerprint density at radius 1 is 1.42 bits per heavy atom. The first-order valence-corrected chi connectivity index (χ1v) is 7.21. The van der Waals surface area contributed by atoms with Gasteiger partial charge in [0.05, 0.1) is 11.1 Å². The summed E-state index contributed by atoms with van der Waals surface area (Å²) < 4.78 is 19.1. The van der Waals surface area contributed by atoms with Crippen molar-refractivity contribution in [1.29, 1.82) is 0 Å². The minimum atomic E-state index is -0.686. The summed E-state index contributed by atoms with van der Waals surface area (Å²) in [6, 6.07) is 2.74. The Kier molecular flexibility index (Phi) is 4.72. The Labute approximate surface area is 123 Å². The van der Waals surface area contributed by atoms with E-state index in [0.29, 0.717) is 17.0 Å². The van der Waals surface area contributed by atoms with Crippen molar-refractivity contribution in [2.75, 3.05) is 6.61 Å². The third-order valence-corrected chi connectivity index (χ3v) is 4.24. The van der Waals surface area contributed by atoms with Gasteiger partial charge in [-0.3, -0.25) is 0 Å². The lowest BCUT2D eigenvalue weighted by molar-refractivity contribution is 0.0967. The second-order valence-electron chi connectivity index (χ2n) is 5.34. The highest BCUT2D eigenvalue weighted by atomic mass is 35.5. The molecular formula is C14H18Cl2FNO. The molecular weight excluding hydrogens is 288 g/mol. The maximum Gasteiger partial charge on any atom is 0.142 e. The van der Waals surface area contributed by atoms with E-state index in [-0.39, 0.29) is 11.1 Å². The summed E-state index contributed by atoms with van der Waals surface area (Å²) in [6.07, 6.45) is 3.98. The topological polar surface area (TPSA) is 35.2 Å². The largest absolute Gasteiger partial charge is 0.378 e. The highest BCUT2D eigenvalue weighted by Crippen LogP contribution is 2.34. The Hall–Kier alpha value is -0.350. The molecule has 0 amide bonds. The summed E-state index contributed by atoms with van der Waals surface area (Å²) in [5.41, 5.74) is 6.19. The fourth-order valence-corrected chi connectivity index (χ4v) is 3.03. The van der Waals surface area contributed by atoms with Crippen LogP contribution in [0.4, 0.5) is 4.39 Å². The third kappa shape index (κ3) is 3.60. The number of rotatable bonds is 4. The van der Waals surface area contributed by atoms with Gasteiger partial charge < -0.3 is 10.5 Å². The van der Waals surface area contributed by atoms with Crippen LogP contribution in [0.1, 0.15) is 38.2 Å². The molecule has 1 aliphatic heterocycles. The van der Waals surface area contributed by atoms with Crippen LogP contribution in [0.15, 0.2) is 12.1 Å². The van der Waals surface area contributed by atoms with Gasteiger partial charge in [0, 0.05) is 17.2 Å². The van der Waals surface area contributed by atoms with Gasteiger partial charge in [-0.15, -0.1) is 0 Å². The van der Waals surface area contributed by atoms with Crippen molar-refractivity contribution >= 4 is 23.2 Å². The van der Waals surface area contributed by atoms with Gasteiger partial charge in [-0.1, -0.05) is 23.2 Å². The van der Waals surface area contributed by atoms with E-state index in [9.17, 15) is 4.39 Å². The Bertz CT molecular complexity index is 459. The summed E-state index contributed by atoms with van der Waals surface area (Å²) in [5, 5.41) is 0.424. The molecule has 2 nitrogen and oxygen atoms in total. The summed E-state index contributed by atoms with van der Waals surface area (Å²) in [5.74, 6) is -0.491. The fourth-order valence-electron chi connectivity index (χ4n) is 2.43. The van der Waals surface area contributed by atoms with E-state index >= 15 is 0 Å². The molecule has 106 valence electrons. The number of hydrogen-bond acceptors (Lipinski definition) is 2. The molecule has 2 atom stereocenters. The molecule has 0 bridgehead atoms. The third-order valence-electron chi connectivity index (χ3n) is 3.63. The van der Waals surface area contributed by atoms with Crippen molar-refractivity contribution in [3.8, 4) is 0 Å². The number of nitrogens with two attached hydrogens (primary N) is 1. The van der Waals surface area contributed by atoms with Crippen LogP contribution in [0.3, 0.4) is 0 Å². The molecule has 0 spiro atoms. The van der Waals surface area contributed by atoms with E-state index in [1.165, 1.54) is 12.1 Å². The summed E-state index contributed by atoms with van der Waals surface area (Å²) in [6.45, 7) is 2.68. The first-order valence-electron chi connectivity index (χ1n) is 6.45. The molecule has 0 saturated carbocycles. The molecule has 2 rings (SSSR count). The quantitative estimate of drug-likeness (QED) is 0.843. The standard InChI is InChI=1S/C14H18Cl2FNO/c1-14(18,5-4-9-3-2-6-19-9)10-7-13(17)12(16)8-11(10)15/h7-9H,2-6,18H2,1H3. The fraction of sp³-hybridized carbons (Fsp3) is 0.571. The molecule has 2 N–H and O–H groups in total. The molecule has 1 aromatic rings. The molecule has 1 aliphatic rings. The number of ether oxygens (including phenoxy) is 1. The monoisotopic (exact) mass is 305 g/mol. The van der Waals surface area contributed by atoms with Gasteiger partial charge in [0.25, 0.3) is 0 Å². The van der Waals surface area contributed by atoms with Crippen LogP contribution in [-0.2, 0) is 10.3 Å². The van der Waals surface area contributed by atoms with Gasteiger partial charge in [0.1, 0.15) is 5.82 Å². The summed E-state index contributed by atoms with van der Waals surface area (Å²) in [7, 11) is 0. The van der Waals surface area contributed by atoms with E-state index in [4.69, 9.17) is 33.7 Å². The number of hydrogen-bond donors (Lipinski definition) is 1. The molecule has 1 saturated heterocycles. The molecule has 0 aliphatic carbocycles. The average Bonchev–Trinajstić information content (AvgIpc) is 2.84. The maximum absolute atomic E-state index is 13.6. The van der Waals surface area contributed by atoms with E-state index < -0.39 is 11.4 Å². The lowest BCUT2D eigenvalue weighted by Gasteiger charge is -2.27. The highest BCUT2D eigenvalue weighted by molar-refractivity contribution is 6.35. The van der Waals surface area contributed by atoms with Crippen LogP contribution in [0.5, 0.6) is 0 Å². The average molecular weight is 306 g/mol. The zero-order valence-corrected chi connectivity index (χ0v) is 12.4. The zero-order valence-electron chi connectivity index (χ0n) is 10.9. The van der Waals surface area contributed by atoms with Gasteiger partial charge in [-0.05, 0) is 50.3 Å². The lowest BCUT2D eigenvalue weighted by atomic mass is 9.87. The van der Waals surface area contributed by atoms with Gasteiger partial charge in [-0.25, -0.2) is 4.39 Å². The van der Waals surface area contributed by atoms with Crippen LogP contribution in [0.2, 0.25) is 10.0 Å².